The number of carbonyl (C=O) groups is 2. The third kappa shape index (κ3) is 10.6. The molecule has 1 aromatic heterocycles. The van der Waals surface area contributed by atoms with Crippen LogP contribution in [0.25, 0.3) is 16.5 Å². The second-order valence-electron chi connectivity index (χ2n) is 19.0. The van der Waals surface area contributed by atoms with Gasteiger partial charge in [-0.3, -0.25) is 0 Å². The zero-order chi connectivity index (χ0) is 59.8. The van der Waals surface area contributed by atoms with Crippen LogP contribution in [0, 0.1) is 116 Å². The minimum Gasteiger partial charge on any atom is -0.459 e. The molecule has 0 radical (unpaired) electrons. The molecule has 0 saturated heterocycles. The number of para-hydroxylation sites is 1. The van der Waals surface area contributed by atoms with Gasteiger partial charge in [-0.15, -0.1) is 21.9 Å². The number of halogens is 20. The van der Waals surface area contributed by atoms with Gasteiger partial charge in [-0.05, 0) is 69.1 Å². The van der Waals surface area contributed by atoms with E-state index in [1.165, 1.54) is 0 Å². The fraction of sp³-hybridized carbons (Fsp3) is 0.232. The van der Waals surface area contributed by atoms with Gasteiger partial charge < -0.3 is 9.47 Å². The van der Waals surface area contributed by atoms with Crippen LogP contribution in [0.2, 0.25) is 0 Å². The highest BCUT2D eigenvalue weighted by atomic mass is 19.2. The topological polar surface area (TPSA) is 56.5 Å². The minimum atomic E-state index is -7.22. The summed E-state index contributed by atoms with van der Waals surface area (Å²) in [6, 6.07) is 21.9. The van der Waals surface area contributed by atoms with Crippen LogP contribution in [0.5, 0.6) is 0 Å². The molecule has 0 amide bonds. The lowest BCUT2D eigenvalue weighted by Crippen LogP contribution is -2.81. The fourth-order valence-electron chi connectivity index (χ4n) is 10.5. The molecular weight excluding hydrogens is 1140 g/mol. The predicted molar refractivity (Wildman–Crippen MR) is 253 cm³/mol. The Morgan fingerprint density at radius 3 is 1.01 bits per heavy atom. The van der Waals surface area contributed by atoms with Gasteiger partial charge in [0.05, 0.1) is 0 Å². The fourth-order valence-corrected chi connectivity index (χ4v) is 10.5. The molecule has 0 N–H and O–H groups in total. The molecule has 26 heteroatoms. The van der Waals surface area contributed by atoms with Gasteiger partial charge in [-0.25, -0.2) is 97.4 Å². The minimum absolute atomic E-state index is 0.0304. The summed E-state index contributed by atoms with van der Waals surface area (Å²) in [4.78, 5) is 27.5. The number of fused-ring (bicyclic) bond motifs is 1. The highest BCUT2D eigenvalue weighted by Crippen LogP contribution is 2.33. The molecule has 1 heterocycles. The van der Waals surface area contributed by atoms with Gasteiger partial charge in [-0.1, -0.05) is 55.3 Å². The van der Waals surface area contributed by atoms with Crippen molar-refractivity contribution in [1.82, 2.24) is 0 Å². The number of hydrogen-bond donors (Lipinski definition) is 0. The van der Waals surface area contributed by atoms with Gasteiger partial charge in [0.15, 0.2) is 88.1 Å². The first kappa shape index (κ1) is 60.2. The molecule has 0 atom stereocenters. The van der Waals surface area contributed by atoms with Gasteiger partial charge in [0.2, 0.25) is 5.52 Å². The number of carbonyl (C=O) groups excluding carboxylic acids is 2. The van der Waals surface area contributed by atoms with Crippen LogP contribution in [-0.2, 0) is 25.6 Å². The van der Waals surface area contributed by atoms with Gasteiger partial charge in [-0.2, -0.15) is 4.57 Å². The molecule has 2 saturated carbocycles. The Balaban J connectivity index is 0.000000218. The lowest BCUT2D eigenvalue weighted by atomic mass is 9.12. The Morgan fingerprint density at radius 1 is 0.378 bits per heavy atom. The second-order valence-corrected chi connectivity index (χ2v) is 19.0. The number of pyridine rings is 1. The summed E-state index contributed by atoms with van der Waals surface area (Å²) < 4.78 is 308. The van der Waals surface area contributed by atoms with Crippen LogP contribution < -0.4 is 26.4 Å². The third-order valence-electron chi connectivity index (χ3n) is 14.3. The average Bonchev–Trinajstić information content (AvgIpc) is 3.39. The van der Waals surface area contributed by atoms with Gasteiger partial charge in [0.1, 0.15) is 64.9 Å². The number of ether oxygens (including phenoxy) is 2. The third-order valence-corrected chi connectivity index (χ3v) is 14.3. The van der Waals surface area contributed by atoms with Crippen molar-refractivity contribution >= 4 is 56.4 Å². The highest BCUT2D eigenvalue weighted by molar-refractivity contribution is 7.20. The van der Waals surface area contributed by atoms with E-state index in [9.17, 15) is 62.3 Å². The zero-order valence-corrected chi connectivity index (χ0v) is 41.6. The Kier molecular flexibility index (Phi) is 17.8. The molecule has 7 aromatic rings. The molecule has 2 aliphatic rings. The van der Waals surface area contributed by atoms with E-state index in [2.05, 4.69) is 22.8 Å². The lowest BCUT2D eigenvalue weighted by Gasteiger charge is -2.44. The summed E-state index contributed by atoms with van der Waals surface area (Å²) in [5.74, 6) is -72.5. The number of aromatic nitrogens is 1. The highest BCUT2D eigenvalue weighted by Gasteiger charge is 2.52. The van der Waals surface area contributed by atoms with Crippen LogP contribution >= 0.6 is 0 Å². The normalized spacial score (nSPS) is 14.1. The Morgan fingerprint density at radius 2 is 0.671 bits per heavy atom. The van der Waals surface area contributed by atoms with Crippen molar-refractivity contribution in [2.45, 2.75) is 83.0 Å². The molecule has 0 aliphatic heterocycles. The molecule has 2 fully saturated rings. The maximum atomic E-state index is 15.4. The monoisotopic (exact) mass is 1180 g/mol. The first-order valence-electron chi connectivity index (χ1n) is 24.7. The Hall–Kier alpha value is -7.93. The van der Waals surface area contributed by atoms with Crippen molar-refractivity contribution in [3.8, 4) is 0 Å². The van der Waals surface area contributed by atoms with E-state index < -0.39 is 156 Å². The van der Waals surface area contributed by atoms with Crippen molar-refractivity contribution < 1.29 is 111 Å². The Bertz CT molecular complexity index is 3280. The molecule has 2 aliphatic carbocycles. The maximum absolute atomic E-state index is 15.4. The van der Waals surface area contributed by atoms with Gasteiger partial charge in [0, 0.05) is 23.1 Å². The SMILES string of the molecule is Fc1c(F)c(F)c([B-](c2c(F)c(F)c(F)c(F)c2F)(c2c(F)c(F)c(F)c(F)c2F)c2c(F)c(F)c(F)c(F)c2F)c(F)c1F.O=C(OC1CCCCC1)C(C(=O)OC1CCCCC1)=C(C[n+]1cccc2ccccc21)c1ccccc1. The van der Waals surface area contributed by atoms with Crippen LogP contribution in [0.3, 0.4) is 0 Å². The molecule has 82 heavy (non-hydrogen) atoms. The van der Waals surface area contributed by atoms with Crippen LogP contribution in [-0.4, -0.2) is 30.3 Å². The summed E-state index contributed by atoms with van der Waals surface area (Å²) in [6.07, 6.45) is 4.33. The number of benzene rings is 6. The molecule has 9 rings (SSSR count). The summed E-state index contributed by atoms with van der Waals surface area (Å²) >= 11 is 0. The molecule has 0 spiro atoms. The molecule has 432 valence electrons. The molecular formula is C56H36BF20NO4. The van der Waals surface area contributed by atoms with Crippen LogP contribution in [0.4, 0.5) is 87.8 Å². The van der Waals surface area contributed by atoms with E-state index in [1.807, 2.05) is 54.7 Å². The standard InChI is InChI=1S/C32H36NO4.C24BF20/c34-31(36-26-17-6-2-7-18-26)30(32(35)37-27-19-8-3-9-20-27)28(24-13-4-1-5-14-24)23-33-22-12-16-25-15-10-11-21-29(25)33;26-5-1(6(27)14(35)21(42)13(5)34)25(2-7(28)15(36)22(43)16(37)8(2)29,3-9(30)17(38)23(44)18(39)10(3)31)4-11(32)19(40)24(45)20(41)12(4)33/h1,4-5,10-16,21-22,26-27H,2-3,6-9,17-20,23H2;/q+1;-1. The lowest BCUT2D eigenvalue weighted by molar-refractivity contribution is -0.658. The number of hydrogen-bond acceptors (Lipinski definition) is 4. The summed E-state index contributed by atoms with van der Waals surface area (Å²) in [7, 11) is 0. The molecule has 6 aromatic carbocycles. The van der Waals surface area contributed by atoms with Crippen LogP contribution in [0.15, 0.2) is 78.5 Å². The van der Waals surface area contributed by atoms with Crippen molar-refractivity contribution in [2.75, 3.05) is 0 Å². The average molecular weight is 1180 g/mol. The number of nitrogens with zero attached hydrogens (tertiary/aromatic N) is 1. The summed E-state index contributed by atoms with van der Waals surface area (Å²) in [5, 5.41) is 1.09. The van der Waals surface area contributed by atoms with Crippen molar-refractivity contribution in [1.29, 1.82) is 0 Å². The van der Waals surface area contributed by atoms with E-state index in [0.717, 1.165) is 80.7 Å². The van der Waals surface area contributed by atoms with Gasteiger partial charge >= 0.3 is 11.9 Å². The quantitative estimate of drug-likeness (QED) is 0.0149. The first-order valence-corrected chi connectivity index (χ1v) is 24.7. The largest absolute Gasteiger partial charge is 0.459 e. The number of esters is 2. The van der Waals surface area contributed by atoms with E-state index in [1.54, 1.807) is 0 Å². The maximum Gasteiger partial charge on any atom is 0.346 e. The summed E-state index contributed by atoms with van der Waals surface area (Å²) in [5.41, 5.74) is -11.8. The molecule has 0 bridgehead atoms. The number of rotatable bonds is 11. The van der Waals surface area contributed by atoms with E-state index in [-0.39, 0.29) is 17.8 Å². The molecule has 5 nitrogen and oxygen atoms in total. The van der Waals surface area contributed by atoms with E-state index in [4.69, 9.17) is 9.47 Å². The van der Waals surface area contributed by atoms with Crippen molar-refractivity contribution in [3.05, 3.63) is 200 Å². The van der Waals surface area contributed by atoms with Gasteiger partial charge in [0.25, 0.3) is 0 Å². The summed E-state index contributed by atoms with van der Waals surface area (Å²) in [6.45, 7) is 0.347. The van der Waals surface area contributed by atoms with Crippen molar-refractivity contribution in [3.63, 3.8) is 0 Å². The van der Waals surface area contributed by atoms with Crippen LogP contribution in [0.1, 0.15) is 69.8 Å². The number of allylic oxidation sites excluding steroid dienone is 1. The van der Waals surface area contributed by atoms with Crippen molar-refractivity contribution in [2.24, 2.45) is 0 Å². The van der Waals surface area contributed by atoms with E-state index >= 15 is 35.1 Å². The van der Waals surface area contributed by atoms with E-state index in [0.29, 0.717) is 12.1 Å². The molecule has 0 unspecified atom stereocenters. The Labute approximate surface area is 450 Å². The predicted octanol–water partition coefficient (Wildman–Crippen LogP) is 12.2. The smallest absolute Gasteiger partial charge is 0.346 e. The first-order chi connectivity index (χ1) is 38.9. The second kappa shape index (κ2) is 24.3. The zero-order valence-electron chi connectivity index (χ0n) is 41.6.